The quantitative estimate of drug-likeness (QED) is 0.539. The van der Waals surface area contributed by atoms with Crippen molar-refractivity contribution >= 4 is 23.4 Å². The Morgan fingerprint density at radius 3 is 2.17 bits per heavy atom. The highest BCUT2D eigenvalue weighted by Crippen LogP contribution is 2.33. The Labute approximate surface area is 147 Å². The molecule has 0 unspecified atom stereocenters. The summed E-state index contributed by atoms with van der Waals surface area (Å²) in [5.74, 6) is 1.57. The summed E-state index contributed by atoms with van der Waals surface area (Å²) in [5.41, 5.74) is 0. The zero-order valence-electron chi connectivity index (χ0n) is 13.4. The molecule has 2 aromatic carbocycles. The van der Waals surface area contributed by atoms with Crippen molar-refractivity contribution < 1.29 is 9.84 Å². The fraction of sp³-hybridized carbons (Fsp3) is 0.333. The van der Waals surface area contributed by atoms with Gasteiger partial charge in [-0.05, 0) is 62.4 Å². The van der Waals surface area contributed by atoms with Gasteiger partial charge in [0.05, 0.1) is 6.61 Å². The molecular formula is C18H22ClNO2S. The zero-order chi connectivity index (χ0) is 16.7. The Morgan fingerprint density at radius 2 is 1.61 bits per heavy atom. The summed E-state index contributed by atoms with van der Waals surface area (Å²) in [6.07, 6.45) is 0. The van der Waals surface area contributed by atoms with Gasteiger partial charge in [-0.15, -0.1) is 11.8 Å². The summed E-state index contributed by atoms with van der Waals surface area (Å²) in [7, 11) is 0. The molecule has 0 saturated heterocycles. The first-order chi connectivity index (χ1) is 11.0. The largest absolute Gasteiger partial charge is 0.457 e. The Morgan fingerprint density at radius 1 is 1.04 bits per heavy atom. The van der Waals surface area contributed by atoms with Crippen LogP contribution >= 0.6 is 23.4 Å². The molecule has 0 saturated carbocycles. The number of ether oxygens (including phenoxy) is 1. The molecule has 3 nitrogen and oxygen atoms in total. The maximum Gasteiger partial charge on any atom is 0.127 e. The molecule has 124 valence electrons. The molecule has 5 heteroatoms. The Hall–Kier alpha value is -1.20. The molecule has 2 rings (SSSR count). The highest BCUT2D eigenvalue weighted by Gasteiger charge is 2.18. The number of nitrogens with one attached hydrogen (secondary N) is 1. The van der Waals surface area contributed by atoms with Gasteiger partial charge < -0.3 is 15.2 Å². The van der Waals surface area contributed by atoms with Crippen LogP contribution in [0.3, 0.4) is 0 Å². The monoisotopic (exact) mass is 351 g/mol. The number of hydrogen-bond donors (Lipinski definition) is 2. The number of thioether (sulfide) groups is 1. The van der Waals surface area contributed by atoms with Crippen molar-refractivity contribution in [1.29, 1.82) is 0 Å². The average molecular weight is 352 g/mol. The van der Waals surface area contributed by atoms with E-state index in [0.717, 1.165) is 18.0 Å². The van der Waals surface area contributed by atoms with Crippen LogP contribution in [0.25, 0.3) is 0 Å². The first kappa shape index (κ1) is 18.1. The molecule has 0 spiro atoms. The highest BCUT2D eigenvalue weighted by molar-refractivity contribution is 8.00. The van der Waals surface area contributed by atoms with Gasteiger partial charge in [-0.1, -0.05) is 11.6 Å². The lowest BCUT2D eigenvalue weighted by Gasteiger charge is -2.24. The van der Waals surface area contributed by atoms with Crippen molar-refractivity contribution in [3.63, 3.8) is 0 Å². The van der Waals surface area contributed by atoms with Gasteiger partial charge in [-0.3, -0.25) is 0 Å². The molecular weight excluding hydrogens is 330 g/mol. The second kappa shape index (κ2) is 8.60. The van der Waals surface area contributed by atoms with Gasteiger partial charge in [-0.25, -0.2) is 0 Å². The fourth-order valence-electron chi connectivity index (χ4n) is 2.04. The van der Waals surface area contributed by atoms with E-state index in [-0.39, 0.29) is 11.4 Å². The second-order valence-corrected chi connectivity index (χ2v) is 8.01. The number of hydrogen-bond acceptors (Lipinski definition) is 4. The number of benzene rings is 2. The maximum absolute atomic E-state index is 8.83. The summed E-state index contributed by atoms with van der Waals surface area (Å²) >= 11 is 7.66. The lowest BCUT2D eigenvalue weighted by atomic mass is 10.2. The van der Waals surface area contributed by atoms with Crippen LogP contribution in [0.2, 0.25) is 5.02 Å². The smallest absolute Gasteiger partial charge is 0.127 e. The van der Waals surface area contributed by atoms with Gasteiger partial charge in [0.25, 0.3) is 0 Å². The lowest BCUT2D eigenvalue weighted by Crippen LogP contribution is -2.33. The van der Waals surface area contributed by atoms with E-state index in [1.165, 1.54) is 4.90 Å². The fourth-order valence-corrected chi connectivity index (χ4v) is 3.25. The summed E-state index contributed by atoms with van der Waals surface area (Å²) in [4.78, 5) is 1.18. The van der Waals surface area contributed by atoms with E-state index in [4.69, 9.17) is 21.4 Å². The van der Waals surface area contributed by atoms with Gasteiger partial charge >= 0.3 is 0 Å². The van der Waals surface area contributed by atoms with E-state index in [1.807, 2.05) is 36.4 Å². The Bertz CT molecular complexity index is 599. The van der Waals surface area contributed by atoms with E-state index in [9.17, 15) is 0 Å². The Balaban J connectivity index is 1.92. The molecule has 0 aliphatic rings. The van der Waals surface area contributed by atoms with Gasteiger partial charge in [0.2, 0.25) is 0 Å². The zero-order valence-corrected chi connectivity index (χ0v) is 15.0. The molecule has 0 aliphatic carbocycles. The average Bonchev–Trinajstić information content (AvgIpc) is 2.51. The molecule has 0 atom stereocenters. The van der Waals surface area contributed by atoms with Crippen LogP contribution in [0.4, 0.5) is 0 Å². The van der Waals surface area contributed by atoms with Crippen LogP contribution < -0.4 is 10.1 Å². The molecule has 0 heterocycles. The molecule has 0 aromatic heterocycles. The Kier molecular flexibility index (Phi) is 6.78. The first-order valence-corrected chi connectivity index (χ1v) is 8.72. The van der Waals surface area contributed by atoms with Gasteiger partial charge in [-0.2, -0.15) is 0 Å². The number of aliphatic hydroxyl groups excluding tert-OH is 1. The number of aliphatic hydroxyl groups is 1. The molecule has 0 aliphatic heterocycles. The van der Waals surface area contributed by atoms with Crippen LogP contribution in [0.15, 0.2) is 53.4 Å². The van der Waals surface area contributed by atoms with Gasteiger partial charge in [0.1, 0.15) is 11.5 Å². The van der Waals surface area contributed by atoms with Crippen molar-refractivity contribution in [3.05, 3.63) is 53.6 Å². The van der Waals surface area contributed by atoms with Crippen molar-refractivity contribution in [1.82, 2.24) is 5.32 Å². The third kappa shape index (κ3) is 6.43. The summed E-state index contributed by atoms with van der Waals surface area (Å²) in [6.45, 7) is 5.98. The highest BCUT2D eigenvalue weighted by atomic mass is 35.5. The molecule has 0 fully saturated rings. The maximum atomic E-state index is 8.83. The minimum atomic E-state index is 0.0493. The summed E-state index contributed by atoms with van der Waals surface area (Å²) in [5, 5.41) is 12.8. The number of rotatable bonds is 8. The van der Waals surface area contributed by atoms with Crippen LogP contribution in [-0.2, 0) is 0 Å². The normalized spacial score (nSPS) is 11.5. The lowest BCUT2D eigenvalue weighted by molar-refractivity contribution is 0.291. The van der Waals surface area contributed by atoms with Crippen molar-refractivity contribution in [3.8, 4) is 11.5 Å². The van der Waals surface area contributed by atoms with Crippen molar-refractivity contribution in [2.24, 2.45) is 0 Å². The van der Waals surface area contributed by atoms with Crippen molar-refractivity contribution in [2.45, 2.75) is 23.5 Å². The molecule has 23 heavy (non-hydrogen) atoms. The SMILES string of the molecule is CC(C)(CNCCO)Sc1ccc(Oc2ccc(Cl)cc2)cc1. The second-order valence-electron chi connectivity index (χ2n) is 5.79. The van der Waals surface area contributed by atoms with Crippen LogP contribution in [0.1, 0.15) is 13.8 Å². The minimum Gasteiger partial charge on any atom is -0.457 e. The third-order valence-corrected chi connectivity index (χ3v) is 4.56. The van der Waals surface area contributed by atoms with Gasteiger partial charge in [0.15, 0.2) is 0 Å². The predicted octanol–water partition coefficient (Wildman–Crippen LogP) is 4.58. The van der Waals surface area contributed by atoms with Crippen LogP contribution in [0.5, 0.6) is 11.5 Å². The molecule has 2 N–H and O–H groups in total. The van der Waals surface area contributed by atoms with E-state index < -0.39 is 0 Å². The molecule has 0 amide bonds. The third-order valence-electron chi connectivity index (χ3n) is 3.11. The minimum absolute atomic E-state index is 0.0493. The molecule has 0 radical (unpaired) electrons. The van der Waals surface area contributed by atoms with E-state index in [1.54, 1.807) is 11.8 Å². The topological polar surface area (TPSA) is 41.5 Å². The van der Waals surface area contributed by atoms with E-state index in [2.05, 4.69) is 31.3 Å². The summed E-state index contributed by atoms with van der Waals surface area (Å²) in [6, 6.07) is 15.4. The first-order valence-electron chi connectivity index (χ1n) is 7.53. The van der Waals surface area contributed by atoms with Crippen LogP contribution in [0, 0.1) is 0 Å². The van der Waals surface area contributed by atoms with E-state index in [0.29, 0.717) is 11.6 Å². The van der Waals surface area contributed by atoms with Crippen molar-refractivity contribution in [2.75, 3.05) is 19.7 Å². The summed E-state index contributed by atoms with van der Waals surface area (Å²) < 4.78 is 5.84. The predicted molar refractivity (Wildman–Crippen MR) is 97.9 cm³/mol. The molecule has 0 bridgehead atoms. The van der Waals surface area contributed by atoms with Gasteiger partial charge in [0, 0.05) is 27.8 Å². The molecule has 2 aromatic rings. The standard InChI is InChI=1S/C18H22ClNO2S/c1-18(2,13-20-11-12-21)23-17-9-7-16(8-10-17)22-15-5-3-14(19)4-6-15/h3-10,20-21H,11-13H2,1-2H3. The number of halogens is 1. The van der Waals surface area contributed by atoms with Crippen LogP contribution in [-0.4, -0.2) is 29.5 Å². The van der Waals surface area contributed by atoms with E-state index >= 15 is 0 Å².